The van der Waals surface area contributed by atoms with Gasteiger partial charge in [0, 0.05) is 28.5 Å². The van der Waals surface area contributed by atoms with Gasteiger partial charge in [-0.2, -0.15) is 0 Å². The van der Waals surface area contributed by atoms with Crippen LogP contribution >= 0.6 is 0 Å². The van der Waals surface area contributed by atoms with E-state index in [1.165, 1.54) is 6.07 Å². The number of aromatic nitrogens is 2. The molecule has 0 bridgehead atoms. The highest BCUT2D eigenvalue weighted by Gasteiger charge is 2.15. The summed E-state index contributed by atoms with van der Waals surface area (Å²) in [4.78, 5) is 18.9. The molecule has 0 aliphatic carbocycles. The smallest absolute Gasteiger partial charge is 0.270 e. The Morgan fingerprint density at radius 3 is 2.19 bits per heavy atom. The third-order valence-electron chi connectivity index (χ3n) is 4.70. The molecular weight excluding hydrogens is 326 g/mol. The Labute approximate surface area is 148 Å². The quantitative estimate of drug-likeness (QED) is 0.264. The number of rotatable bonds is 2. The SMILES string of the molecule is O=[N+]([O-])c1cccc(-c2nc3c4ccccc4c4ccccc4c3[nH]2)c1. The molecule has 1 heterocycles. The number of H-pyrrole nitrogens is 1. The van der Waals surface area contributed by atoms with Crippen molar-refractivity contribution in [2.75, 3.05) is 0 Å². The maximum Gasteiger partial charge on any atom is 0.270 e. The van der Waals surface area contributed by atoms with E-state index in [1.807, 2.05) is 30.3 Å². The molecule has 5 nitrogen and oxygen atoms in total. The van der Waals surface area contributed by atoms with Gasteiger partial charge in [0.15, 0.2) is 0 Å². The topological polar surface area (TPSA) is 71.8 Å². The van der Waals surface area contributed by atoms with E-state index >= 15 is 0 Å². The van der Waals surface area contributed by atoms with Gasteiger partial charge in [0.25, 0.3) is 5.69 Å². The summed E-state index contributed by atoms with van der Waals surface area (Å²) in [7, 11) is 0. The molecule has 0 saturated carbocycles. The summed E-state index contributed by atoms with van der Waals surface area (Å²) in [5.74, 6) is 0.630. The standard InChI is InChI=1S/C21H13N3O2/c25-24(26)14-7-5-6-13(12-14)21-22-19-17-10-3-1-8-15(17)16-9-2-4-11-18(16)20(19)23-21/h1-12H,(H,22,23). The normalized spacial score (nSPS) is 11.4. The summed E-state index contributed by atoms with van der Waals surface area (Å²) < 4.78 is 0. The van der Waals surface area contributed by atoms with Crippen molar-refractivity contribution >= 4 is 38.3 Å². The number of hydrogen-bond donors (Lipinski definition) is 1. The van der Waals surface area contributed by atoms with Crippen molar-refractivity contribution in [1.29, 1.82) is 0 Å². The number of nitrogens with one attached hydrogen (secondary N) is 1. The fourth-order valence-corrected chi connectivity index (χ4v) is 3.53. The molecule has 5 aromatic rings. The van der Waals surface area contributed by atoms with Crippen molar-refractivity contribution in [2.24, 2.45) is 0 Å². The fourth-order valence-electron chi connectivity index (χ4n) is 3.53. The lowest BCUT2D eigenvalue weighted by molar-refractivity contribution is -0.384. The summed E-state index contributed by atoms with van der Waals surface area (Å²) in [5, 5.41) is 15.5. The van der Waals surface area contributed by atoms with Crippen LogP contribution in [0.4, 0.5) is 5.69 Å². The van der Waals surface area contributed by atoms with Crippen molar-refractivity contribution in [3.63, 3.8) is 0 Å². The largest absolute Gasteiger partial charge is 0.337 e. The van der Waals surface area contributed by atoms with Crippen LogP contribution in [0.1, 0.15) is 0 Å². The van der Waals surface area contributed by atoms with Crippen molar-refractivity contribution in [2.45, 2.75) is 0 Å². The summed E-state index contributed by atoms with van der Waals surface area (Å²) in [5.41, 5.74) is 2.57. The van der Waals surface area contributed by atoms with Crippen LogP contribution in [0, 0.1) is 10.1 Å². The molecule has 0 unspecified atom stereocenters. The van der Waals surface area contributed by atoms with Gasteiger partial charge in [0.1, 0.15) is 5.82 Å². The summed E-state index contributed by atoms with van der Waals surface area (Å²) in [6.45, 7) is 0. The summed E-state index contributed by atoms with van der Waals surface area (Å²) >= 11 is 0. The number of nitro groups is 1. The first-order chi connectivity index (χ1) is 12.7. The number of aromatic amines is 1. The van der Waals surface area contributed by atoms with E-state index in [0.29, 0.717) is 11.4 Å². The van der Waals surface area contributed by atoms with Crippen LogP contribution in [-0.2, 0) is 0 Å². The molecule has 1 aromatic heterocycles. The number of benzene rings is 4. The van der Waals surface area contributed by atoms with E-state index in [9.17, 15) is 10.1 Å². The Balaban J connectivity index is 1.88. The lowest BCUT2D eigenvalue weighted by Gasteiger charge is -2.05. The van der Waals surface area contributed by atoms with Crippen LogP contribution in [0.25, 0.3) is 44.0 Å². The van der Waals surface area contributed by atoms with Crippen molar-refractivity contribution in [3.05, 3.63) is 82.9 Å². The number of imidazole rings is 1. The Kier molecular flexibility index (Phi) is 3.03. The number of hydrogen-bond acceptors (Lipinski definition) is 3. The predicted octanol–water partition coefficient (Wildman–Crippen LogP) is 5.44. The Morgan fingerprint density at radius 1 is 0.808 bits per heavy atom. The highest BCUT2D eigenvalue weighted by Crippen LogP contribution is 2.35. The molecule has 0 fully saturated rings. The zero-order valence-corrected chi connectivity index (χ0v) is 13.6. The molecule has 0 spiro atoms. The lowest BCUT2D eigenvalue weighted by Crippen LogP contribution is -1.88. The van der Waals surface area contributed by atoms with Crippen LogP contribution in [0.2, 0.25) is 0 Å². The number of nitrogens with zero attached hydrogens (tertiary/aromatic N) is 2. The van der Waals surface area contributed by atoms with Gasteiger partial charge in [-0.05, 0) is 10.8 Å². The Hall–Kier alpha value is -3.73. The second-order valence-corrected chi connectivity index (χ2v) is 6.21. The van der Waals surface area contributed by atoms with Gasteiger partial charge in [-0.1, -0.05) is 60.7 Å². The van der Waals surface area contributed by atoms with Gasteiger partial charge in [0.2, 0.25) is 0 Å². The molecule has 4 aromatic carbocycles. The maximum atomic E-state index is 11.1. The van der Waals surface area contributed by atoms with Gasteiger partial charge >= 0.3 is 0 Å². The van der Waals surface area contributed by atoms with Crippen molar-refractivity contribution in [3.8, 4) is 11.4 Å². The Bertz CT molecular complexity index is 1250. The van der Waals surface area contributed by atoms with Gasteiger partial charge in [-0.15, -0.1) is 0 Å². The maximum absolute atomic E-state index is 11.1. The first-order valence-electron chi connectivity index (χ1n) is 8.26. The highest BCUT2D eigenvalue weighted by molar-refractivity contribution is 6.23. The number of fused-ring (bicyclic) bond motifs is 6. The van der Waals surface area contributed by atoms with Crippen LogP contribution in [0.15, 0.2) is 72.8 Å². The van der Waals surface area contributed by atoms with E-state index in [4.69, 9.17) is 4.98 Å². The molecule has 0 aliphatic rings. The average Bonchev–Trinajstić information content (AvgIpc) is 3.14. The van der Waals surface area contributed by atoms with Crippen LogP contribution < -0.4 is 0 Å². The van der Waals surface area contributed by atoms with E-state index < -0.39 is 4.92 Å². The van der Waals surface area contributed by atoms with Crippen molar-refractivity contribution in [1.82, 2.24) is 9.97 Å². The first kappa shape index (κ1) is 14.6. The van der Waals surface area contributed by atoms with Gasteiger partial charge in [0.05, 0.1) is 16.0 Å². The molecule has 26 heavy (non-hydrogen) atoms. The molecular formula is C21H13N3O2. The highest BCUT2D eigenvalue weighted by atomic mass is 16.6. The minimum atomic E-state index is -0.392. The summed E-state index contributed by atoms with van der Waals surface area (Å²) in [6.07, 6.45) is 0. The van der Waals surface area contributed by atoms with Crippen LogP contribution in [0.3, 0.4) is 0 Å². The average molecular weight is 339 g/mol. The third-order valence-corrected chi connectivity index (χ3v) is 4.70. The third kappa shape index (κ3) is 2.07. The van der Waals surface area contributed by atoms with E-state index in [1.54, 1.807) is 12.1 Å². The Morgan fingerprint density at radius 2 is 1.46 bits per heavy atom. The van der Waals surface area contributed by atoms with E-state index in [2.05, 4.69) is 29.2 Å². The molecule has 1 N–H and O–H groups in total. The second kappa shape index (κ2) is 5.39. The molecule has 0 radical (unpaired) electrons. The van der Waals surface area contributed by atoms with Gasteiger partial charge < -0.3 is 4.98 Å². The van der Waals surface area contributed by atoms with Crippen LogP contribution in [-0.4, -0.2) is 14.9 Å². The summed E-state index contributed by atoms with van der Waals surface area (Å²) in [6, 6.07) is 22.9. The molecule has 0 atom stereocenters. The van der Waals surface area contributed by atoms with Crippen molar-refractivity contribution < 1.29 is 4.92 Å². The van der Waals surface area contributed by atoms with E-state index in [-0.39, 0.29) is 5.69 Å². The molecule has 5 rings (SSSR count). The van der Waals surface area contributed by atoms with Gasteiger partial charge in [-0.3, -0.25) is 10.1 Å². The zero-order valence-electron chi connectivity index (χ0n) is 13.6. The fraction of sp³-hybridized carbons (Fsp3) is 0. The first-order valence-corrected chi connectivity index (χ1v) is 8.26. The molecule has 0 saturated heterocycles. The minimum absolute atomic E-state index is 0.0534. The van der Waals surface area contributed by atoms with Crippen LogP contribution in [0.5, 0.6) is 0 Å². The number of non-ortho nitro benzene ring substituents is 1. The minimum Gasteiger partial charge on any atom is -0.337 e. The molecule has 0 aliphatic heterocycles. The van der Waals surface area contributed by atoms with Gasteiger partial charge in [-0.25, -0.2) is 4.98 Å². The zero-order chi connectivity index (χ0) is 17.7. The molecule has 0 amide bonds. The predicted molar refractivity (Wildman–Crippen MR) is 103 cm³/mol. The molecule has 124 valence electrons. The number of nitro benzene ring substituents is 1. The molecule has 5 heteroatoms. The lowest BCUT2D eigenvalue weighted by atomic mass is 10.0. The monoisotopic (exact) mass is 339 g/mol. The van der Waals surface area contributed by atoms with E-state index in [0.717, 1.165) is 32.6 Å². The second-order valence-electron chi connectivity index (χ2n) is 6.21.